The summed E-state index contributed by atoms with van der Waals surface area (Å²) in [6, 6.07) is 7.69. The summed E-state index contributed by atoms with van der Waals surface area (Å²) in [4.78, 5) is 23.7. The molecule has 1 aromatic carbocycles. The van der Waals surface area contributed by atoms with Crippen molar-refractivity contribution in [3.8, 4) is 0 Å². The van der Waals surface area contributed by atoms with Crippen molar-refractivity contribution in [2.75, 3.05) is 6.54 Å². The van der Waals surface area contributed by atoms with Gasteiger partial charge in [-0.15, -0.1) is 0 Å². The van der Waals surface area contributed by atoms with Gasteiger partial charge >= 0.3 is 0 Å². The zero-order valence-corrected chi connectivity index (χ0v) is 13.9. The van der Waals surface area contributed by atoms with Crippen molar-refractivity contribution in [3.63, 3.8) is 0 Å². The number of hydrogen-bond donors (Lipinski definition) is 2. The van der Waals surface area contributed by atoms with Gasteiger partial charge in [-0.05, 0) is 43.2 Å². The van der Waals surface area contributed by atoms with Gasteiger partial charge in [-0.2, -0.15) is 0 Å². The largest absolute Gasteiger partial charge is 0.459 e. The van der Waals surface area contributed by atoms with Gasteiger partial charge in [-0.25, -0.2) is 0 Å². The van der Waals surface area contributed by atoms with Gasteiger partial charge in [0.05, 0.1) is 6.26 Å². The van der Waals surface area contributed by atoms with Crippen LogP contribution in [0.25, 0.3) is 0 Å². The Bertz CT molecular complexity index is 687. The van der Waals surface area contributed by atoms with Crippen LogP contribution in [-0.2, 0) is 11.2 Å². The maximum Gasteiger partial charge on any atom is 0.287 e. The van der Waals surface area contributed by atoms with Gasteiger partial charge in [0.25, 0.3) is 5.91 Å². The van der Waals surface area contributed by atoms with Crippen molar-refractivity contribution < 1.29 is 14.0 Å². The molecule has 0 unspecified atom stereocenters. The number of carbonyl (C=O) groups is 2. The fourth-order valence-corrected chi connectivity index (χ4v) is 2.44. The van der Waals surface area contributed by atoms with Crippen LogP contribution in [0, 0.1) is 0 Å². The first kappa shape index (κ1) is 17.4. The van der Waals surface area contributed by atoms with E-state index in [4.69, 9.17) is 27.6 Å². The third-order valence-electron chi connectivity index (χ3n) is 3.19. The van der Waals surface area contributed by atoms with Crippen LogP contribution in [0.2, 0.25) is 10.0 Å². The number of amides is 2. The van der Waals surface area contributed by atoms with E-state index in [-0.39, 0.29) is 11.7 Å². The predicted octanol–water partition coefficient (Wildman–Crippen LogP) is 3.06. The molecule has 5 nitrogen and oxygen atoms in total. The number of nitrogens with one attached hydrogen (secondary N) is 2. The lowest BCUT2D eigenvalue weighted by molar-refractivity contribution is -0.122. The van der Waals surface area contributed by atoms with Gasteiger partial charge in [0.1, 0.15) is 6.04 Å². The van der Waals surface area contributed by atoms with E-state index in [1.165, 1.54) is 12.3 Å². The number of benzene rings is 1. The van der Waals surface area contributed by atoms with Gasteiger partial charge in [0.2, 0.25) is 5.91 Å². The predicted molar refractivity (Wildman–Crippen MR) is 88.8 cm³/mol. The van der Waals surface area contributed by atoms with E-state index < -0.39 is 11.9 Å². The lowest BCUT2D eigenvalue weighted by atomic mass is 10.1. The van der Waals surface area contributed by atoms with E-state index in [1.54, 1.807) is 25.1 Å². The van der Waals surface area contributed by atoms with E-state index in [2.05, 4.69) is 10.6 Å². The normalized spacial score (nSPS) is 11.8. The molecule has 1 atom stereocenters. The molecule has 2 rings (SSSR count). The number of furan rings is 1. The Labute approximate surface area is 144 Å². The molecular formula is C16H16Cl2N2O3. The van der Waals surface area contributed by atoms with E-state index in [0.29, 0.717) is 23.0 Å². The molecule has 0 aliphatic heterocycles. The fourth-order valence-electron chi connectivity index (χ4n) is 1.94. The SMILES string of the molecule is C[C@H](NC(=O)c1ccco1)C(=O)NCCc1ccc(Cl)cc1Cl. The summed E-state index contributed by atoms with van der Waals surface area (Å²) in [5.41, 5.74) is 0.892. The first-order valence-corrected chi connectivity index (χ1v) is 7.79. The molecule has 0 spiro atoms. The summed E-state index contributed by atoms with van der Waals surface area (Å²) in [5.74, 6) is -0.550. The van der Waals surface area contributed by atoms with Gasteiger partial charge in [-0.3, -0.25) is 9.59 Å². The number of carbonyl (C=O) groups excluding carboxylic acids is 2. The average molecular weight is 355 g/mol. The van der Waals surface area contributed by atoms with Crippen molar-refractivity contribution in [1.29, 1.82) is 0 Å². The molecule has 0 saturated carbocycles. The molecule has 0 radical (unpaired) electrons. The van der Waals surface area contributed by atoms with Crippen molar-refractivity contribution >= 4 is 35.0 Å². The Morgan fingerprint density at radius 2 is 2.04 bits per heavy atom. The Morgan fingerprint density at radius 1 is 1.26 bits per heavy atom. The summed E-state index contributed by atoms with van der Waals surface area (Å²) >= 11 is 11.9. The van der Waals surface area contributed by atoms with Crippen molar-refractivity contribution in [2.45, 2.75) is 19.4 Å². The number of rotatable bonds is 6. The molecule has 0 aliphatic rings. The smallest absolute Gasteiger partial charge is 0.287 e. The lowest BCUT2D eigenvalue weighted by Gasteiger charge is -2.13. The Hall–Kier alpha value is -1.98. The van der Waals surface area contributed by atoms with E-state index in [9.17, 15) is 9.59 Å². The highest BCUT2D eigenvalue weighted by Crippen LogP contribution is 2.21. The van der Waals surface area contributed by atoms with E-state index in [1.807, 2.05) is 6.07 Å². The monoisotopic (exact) mass is 354 g/mol. The van der Waals surface area contributed by atoms with Crippen LogP contribution < -0.4 is 10.6 Å². The standard InChI is InChI=1S/C16H16Cl2N2O3/c1-10(20-16(22)14-3-2-8-23-14)15(21)19-7-6-11-4-5-12(17)9-13(11)18/h2-5,8-10H,6-7H2,1H3,(H,19,21)(H,20,22)/t10-/m0/s1. The minimum Gasteiger partial charge on any atom is -0.459 e. The molecule has 0 fully saturated rings. The zero-order chi connectivity index (χ0) is 16.8. The maximum absolute atomic E-state index is 12.0. The minimum absolute atomic E-state index is 0.164. The van der Waals surface area contributed by atoms with Crippen LogP contribution in [0.4, 0.5) is 0 Å². The molecule has 23 heavy (non-hydrogen) atoms. The summed E-state index contributed by atoms with van der Waals surface area (Å²) in [7, 11) is 0. The highest BCUT2D eigenvalue weighted by molar-refractivity contribution is 6.35. The van der Waals surface area contributed by atoms with Crippen LogP contribution in [0.5, 0.6) is 0 Å². The molecule has 0 aliphatic carbocycles. The lowest BCUT2D eigenvalue weighted by Crippen LogP contribution is -2.45. The number of hydrogen-bond acceptors (Lipinski definition) is 3. The highest BCUT2D eigenvalue weighted by Gasteiger charge is 2.17. The minimum atomic E-state index is -0.673. The van der Waals surface area contributed by atoms with E-state index in [0.717, 1.165) is 5.56 Å². The molecule has 1 heterocycles. The molecule has 2 aromatic rings. The van der Waals surface area contributed by atoms with Gasteiger partial charge in [0, 0.05) is 16.6 Å². The second kappa shape index (κ2) is 8.04. The summed E-state index contributed by atoms with van der Waals surface area (Å²) in [6.07, 6.45) is 1.97. The maximum atomic E-state index is 12.0. The highest BCUT2D eigenvalue weighted by atomic mass is 35.5. The van der Waals surface area contributed by atoms with Crippen LogP contribution in [0.15, 0.2) is 41.0 Å². The molecule has 2 amide bonds. The Kier molecular flexibility index (Phi) is 6.07. The molecule has 0 saturated heterocycles. The first-order chi connectivity index (χ1) is 11.0. The van der Waals surface area contributed by atoms with Crippen molar-refractivity contribution in [1.82, 2.24) is 10.6 Å². The molecule has 122 valence electrons. The Morgan fingerprint density at radius 3 is 2.70 bits per heavy atom. The third-order valence-corrected chi connectivity index (χ3v) is 3.78. The van der Waals surface area contributed by atoms with E-state index >= 15 is 0 Å². The summed E-state index contributed by atoms with van der Waals surface area (Å²) in [5, 5.41) is 6.44. The average Bonchev–Trinajstić information content (AvgIpc) is 3.03. The second-order valence-corrected chi connectivity index (χ2v) is 5.79. The molecular weight excluding hydrogens is 339 g/mol. The Balaban J connectivity index is 1.79. The third kappa shape index (κ3) is 5.01. The van der Waals surface area contributed by atoms with Crippen LogP contribution >= 0.6 is 23.2 Å². The van der Waals surface area contributed by atoms with Crippen LogP contribution in [-0.4, -0.2) is 24.4 Å². The van der Waals surface area contributed by atoms with Crippen LogP contribution in [0.3, 0.4) is 0 Å². The second-order valence-electron chi connectivity index (χ2n) is 4.95. The zero-order valence-electron chi connectivity index (χ0n) is 12.4. The molecule has 0 bridgehead atoms. The topological polar surface area (TPSA) is 71.3 Å². The summed E-state index contributed by atoms with van der Waals surface area (Å²) < 4.78 is 4.97. The number of halogens is 2. The molecule has 2 N–H and O–H groups in total. The summed E-state index contributed by atoms with van der Waals surface area (Å²) in [6.45, 7) is 2.01. The van der Waals surface area contributed by atoms with Crippen LogP contribution in [0.1, 0.15) is 23.0 Å². The van der Waals surface area contributed by atoms with Gasteiger partial charge in [0.15, 0.2) is 5.76 Å². The molecule has 7 heteroatoms. The molecule has 1 aromatic heterocycles. The van der Waals surface area contributed by atoms with Gasteiger partial charge < -0.3 is 15.1 Å². The fraction of sp³-hybridized carbons (Fsp3) is 0.250. The van der Waals surface area contributed by atoms with Crippen molar-refractivity contribution in [2.24, 2.45) is 0 Å². The first-order valence-electron chi connectivity index (χ1n) is 7.03. The van der Waals surface area contributed by atoms with Gasteiger partial charge in [-0.1, -0.05) is 29.3 Å². The van der Waals surface area contributed by atoms with Crippen molar-refractivity contribution in [3.05, 3.63) is 58.0 Å². The quantitative estimate of drug-likeness (QED) is 0.837.